The van der Waals surface area contributed by atoms with E-state index in [0.29, 0.717) is 17.7 Å². The lowest BCUT2D eigenvalue weighted by Gasteiger charge is -2.32. The first-order valence-corrected chi connectivity index (χ1v) is 9.75. The van der Waals surface area contributed by atoms with Crippen LogP contribution < -0.4 is 14.4 Å². The minimum atomic E-state index is 0.00784. The van der Waals surface area contributed by atoms with E-state index < -0.39 is 0 Å². The lowest BCUT2D eigenvalue weighted by atomic mass is 9.89. The number of aromatic nitrogens is 2. The maximum atomic E-state index is 12.9. The summed E-state index contributed by atoms with van der Waals surface area (Å²) < 4.78 is 10.7. The first kappa shape index (κ1) is 19.3. The van der Waals surface area contributed by atoms with Gasteiger partial charge in [0.15, 0.2) is 5.82 Å². The molecule has 4 rings (SSSR count). The maximum absolute atomic E-state index is 12.9. The van der Waals surface area contributed by atoms with Gasteiger partial charge in [-0.1, -0.05) is 12.1 Å². The van der Waals surface area contributed by atoms with Crippen molar-refractivity contribution in [1.82, 2.24) is 19.8 Å². The maximum Gasteiger partial charge on any atom is 0.320 e. The molecule has 1 aromatic carbocycles. The SMILES string of the molecule is COc1ccc([C@H]2[C@@H]3CN(c4nccnc4OC)C[C@@H]3CN2C(=O)N(C)C)cc1. The summed E-state index contributed by atoms with van der Waals surface area (Å²) in [5.41, 5.74) is 1.13. The molecule has 8 heteroatoms. The Balaban J connectivity index is 1.65. The van der Waals surface area contributed by atoms with Gasteiger partial charge in [-0.3, -0.25) is 0 Å². The average molecular weight is 397 g/mol. The smallest absolute Gasteiger partial charge is 0.320 e. The minimum Gasteiger partial charge on any atom is -0.497 e. The number of benzene rings is 1. The first-order valence-electron chi connectivity index (χ1n) is 9.75. The molecule has 2 aliphatic rings. The fourth-order valence-electron chi connectivity index (χ4n) is 4.58. The van der Waals surface area contributed by atoms with E-state index in [2.05, 4.69) is 27.0 Å². The monoisotopic (exact) mass is 397 g/mol. The number of methoxy groups -OCH3 is 2. The Hall–Kier alpha value is -3.03. The van der Waals surface area contributed by atoms with Gasteiger partial charge in [0, 0.05) is 58.0 Å². The van der Waals surface area contributed by atoms with Gasteiger partial charge in [0.2, 0.25) is 0 Å². The Morgan fingerprint density at radius 1 is 1.03 bits per heavy atom. The van der Waals surface area contributed by atoms with E-state index in [0.717, 1.165) is 36.8 Å². The number of urea groups is 1. The van der Waals surface area contributed by atoms with Gasteiger partial charge in [-0.25, -0.2) is 14.8 Å². The summed E-state index contributed by atoms with van der Waals surface area (Å²) in [6, 6.07) is 8.09. The third-order valence-corrected chi connectivity index (χ3v) is 5.89. The molecule has 2 amide bonds. The van der Waals surface area contributed by atoms with Crippen LogP contribution in [0.5, 0.6) is 11.6 Å². The quantitative estimate of drug-likeness (QED) is 0.788. The van der Waals surface area contributed by atoms with Crippen molar-refractivity contribution in [2.45, 2.75) is 6.04 Å². The number of nitrogens with zero attached hydrogens (tertiary/aromatic N) is 5. The fourth-order valence-corrected chi connectivity index (χ4v) is 4.58. The number of hydrogen-bond acceptors (Lipinski definition) is 6. The highest BCUT2D eigenvalue weighted by Gasteiger charge is 2.50. The molecule has 8 nitrogen and oxygen atoms in total. The van der Waals surface area contributed by atoms with Crippen LogP contribution in [0.4, 0.5) is 10.6 Å². The highest BCUT2D eigenvalue weighted by atomic mass is 16.5. The Morgan fingerprint density at radius 3 is 2.41 bits per heavy atom. The summed E-state index contributed by atoms with van der Waals surface area (Å²) in [7, 11) is 6.88. The van der Waals surface area contributed by atoms with Crippen LogP contribution in [-0.2, 0) is 0 Å². The molecule has 1 aromatic heterocycles. The van der Waals surface area contributed by atoms with Gasteiger partial charge in [0.25, 0.3) is 5.88 Å². The van der Waals surface area contributed by atoms with Gasteiger partial charge in [-0.2, -0.15) is 0 Å². The lowest BCUT2D eigenvalue weighted by Crippen LogP contribution is -2.41. The standard InChI is InChI=1S/C21H27N5O3/c1-24(2)21(27)26-12-15-11-25(19-20(29-4)23-10-9-22-19)13-17(15)18(26)14-5-7-16(28-3)8-6-14/h5-10,15,17-18H,11-13H2,1-4H3/t15-,17-,18+/m1/s1. The predicted octanol–water partition coefficient (Wildman–Crippen LogP) is 2.28. The van der Waals surface area contributed by atoms with Crippen LogP contribution in [0, 0.1) is 11.8 Å². The number of likely N-dealkylation sites (tertiary alicyclic amines) is 1. The number of fused-ring (bicyclic) bond motifs is 1. The van der Waals surface area contributed by atoms with Gasteiger partial charge in [0.1, 0.15) is 5.75 Å². The second kappa shape index (κ2) is 7.77. The van der Waals surface area contributed by atoms with E-state index in [9.17, 15) is 4.79 Å². The van der Waals surface area contributed by atoms with E-state index in [1.165, 1.54) is 0 Å². The zero-order chi connectivity index (χ0) is 20.5. The van der Waals surface area contributed by atoms with E-state index in [1.54, 1.807) is 45.6 Å². The summed E-state index contributed by atoms with van der Waals surface area (Å²) in [4.78, 5) is 27.6. The van der Waals surface area contributed by atoms with Gasteiger partial charge in [-0.15, -0.1) is 0 Å². The zero-order valence-corrected chi connectivity index (χ0v) is 17.3. The second-order valence-electron chi connectivity index (χ2n) is 7.77. The summed E-state index contributed by atoms with van der Waals surface area (Å²) >= 11 is 0. The largest absolute Gasteiger partial charge is 0.497 e. The molecule has 2 fully saturated rings. The highest BCUT2D eigenvalue weighted by molar-refractivity contribution is 5.75. The molecule has 2 aromatic rings. The summed E-state index contributed by atoms with van der Waals surface area (Å²) in [6.45, 7) is 2.34. The van der Waals surface area contributed by atoms with Crippen LogP contribution in [-0.4, -0.2) is 73.7 Å². The molecular weight excluding hydrogens is 370 g/mol. The van der Waals surface area contributed by atoms with Crippen LogP contribution in [0.25, 0.3) is 0 Å². The van der Waals surface area contributed by atoms with Gasteiger partial charge < -0.3 is 24.2 Å². The van der Waals surface area contributed by atoms with Crippen molar-refractivity contribution in [3.63, 3.8) is 0 Å². The van der Waals surface area contributed by atoms with Crippen molar-refractivity contribution in [2.24, 2.45) is 11.8 Å². The number of anilines is 1. The Bertz CT molecular complexity index is 873. The van der Waals surface area contributed by atoms with Crippen molar-refractivity contribution in [3.8, 4) is 11.6 Å². The number of carbonyl (C=O) groups excluding carboxylic acids is 1. The average Bonchev–Trinajstić information content (AvgIpc) is 3.31. The third kappa shape index (κ3) is 3.43. The topological polar surface area (TPSA) is 71.0 Å². The van der Waals surface area contributed by atoms with Crippen LogP contribution in [0.1, 0.15) is 11.6 Å². The Morgan fingerprint density at radius 2 is 1.76 bits per heavy atom. The fraction of sp³-hybridized carbons (Fsp3) is 0.476. The molecule has 0 radical (unpaired) electrons. The molecule has 0 unspecified atom stereocenters. The van der Waals surface area contributed by atoms with E-state index in [4.69, 9.17) is 9.47 Å². The number of hydrogen-bond donors (Lipinski definition) is 0. The molecule has 2 aliphatic heterocycles. The van der Waals surface area contributed by atoms with Crippen molar-refractivity contribution >= 4 is 11.8 Å². The van der Waals surface area contributed by atoms with Crippen LogP contribution in [0.2, 0.25) is 0 Å². The number of ether oxygens (including phenoxy) is 2. The van der Waals surface area contributed by atoms with E-state index in [-0.39, 0.29) is 12.1 Å². The molecule has 0 spiro atoms. The Kier molecular flexibility index (Phi) is 5.17. The van der Waals surface area contributed by atoms with E-state index >= 15 is 0 Å². The Labute approximate surface area is 171 Å². The first-order chi connectivity index (χ1) is 14.0. The summed E-state index contributed by atoms with van der Waals surface area (Å²) in [6.07, 6.45) is 3.33. The van der Waals surface area contributed by atoms with Gasteiger partial charge in [-0.05, 0) is 17.7 Å². The summed E-state index contributed by atoms with van der Waals surface area (Å²) in [5, 5.41) is 0. The molecular formula is C21H27N5O3. The number of carbonyl (C=O) groups is 1. The van der Waals surface area contributed by atoms with Crippen molar-refractivity contribution in [2.75, 3.05) is 52.8 Å². The number of amides is 2. The predicted molar refractivity (Wildman–Crippen MR) is 109 cm³/mol. The normalized spacial score (nSPS) is 23.1. The summed E-state index contributed by atoms with van der Waals surface area (Å²) in [5.74, 6) is 2.78. The highest BCUT2D eigenvalue weighted by Crippen LogP contribution is 2.47. The van der Waals surface area contributed by atoms with Crippen LogP contribution in [0.15, 0.2) is 36.7 Å². The minimum absolute atomic E-state index is 0.00784. The molecule has 0 N–H and O–H groups in total. The van der Waals surface area contributed by atoms with Crippen LogP contribution in [0.3, 0.4) is 0 Å². The second-order valence-corrected chi connectivity index (χ2v) is 7.77. The molecule has 0 aliphatic carbocycles. The van der Waals surface area contributed by atoms with Crippen LogP contribution >= 0.6 is 0 Å². The van der Waals surface area contributed by atoms with Crippen molar-refractivity contribution in [3.05, 3.63) is 42.2 Å². The molecule has 3 heterocycles. The van der Waals surface area contributed by atoms with E-state index in [1.807, 2.05) is 17.0 Å². The molecule has 0 saturated carbocycles. The third-order valence-electron chi connectivity index (χ3n) is 5.89. The van der Waals surface area contributed by atoms with Crippen molar-refractivity contribution < 1.29 is 14.3 Å². The van der Waals surface area contributed by atoms with Gasteiger partial charge in [0.05, 0.1) is 20.3 Å². The van der Waals surface area contributed by atoms with Crippen molar-refractivity contribution in [1.29, 1.82) is 0 Å². The molecule has 29 heavy (non-hydrogen) atoms. The molecule has 0 bridgehead atoms. The number of rotatable bonds is 4. The lowest BCUT2D eigenvalue weighted by molar-refractivity contribution is 0.159. The molecule has 3 atom stereocenters. The molecule has 154 valence electrons. The van der Waals surface area contributed by atoms with Gasteiger partial charge >= 0.3 is 6.03 Å². The zero-order valence-electron chi connectivity index (χ0n) is 17.3. The molecule has 2 saturated heterocycles.